The molecule has 1 amide bonds. The van der Waals surface area contributed by atoms with Crippen LogP contribution in [0.25, 0.3) is 0 Å². The molecule has 0 saturated carbocycles. The van der Waals surface area contributed by atoms with E-state index in [0.717, 1.165) is 6.07 Å². The molecule has 2 atom stereocenters. The molecule has 0 bridgehead atoms. The van der Waals surface area contributed by atoms with Crippen molar-refractivity contribution in [2.45, 2.75) is 31.0 Å². The second-order valence-electron chi connectivity index (χ2n) is 5.78. The number of amides is 1. The summed E-state index contributed by atoms with van der Waals surface area (Å²) in [6.45, 7) is 4.21. The molecule has 0 spiro atoms. The Labute approximate surface area is 149 Å². The van der Waals surface area contributed by atoms with Crippen LogP contribution < -0.4 is 0 Å². The molecule has 0 aliphatic carbocycles. The highest BCUT2D eigenvalue weighted by Crippen LogP contribution is 2.28. The van der Waals surface area contributed by atoms with Crippen molar-refractivity contribution in [2.75, 3.05) is 26.0 Å². The molecular weight excluding hydrogens is 348 g/mol. The van der Waals surface area contributed by atoms with E-state index in [1.165, 1.54) is 23.9 Å². The van der Waals surface area contributed by atoms with Crippen molar-refractivity contribution < 1.29 is 24.0 Å². The van der Waals surface area contributed by atoms with Crippen LogP contribution >= 0.6 is 11.8 Å². The Bertz CT molecular complexity index is 671. The van der Waals surface area contributed by atoms with Crippen molar-refractivity contribution in [3.8, 4) is 0 Å². The van der Waals surface area contributed by atoms with Crippen LogP contribution in [0.4, 0.5) is 5.69 Å². The molecule has 1 heterocycles. The first-order valence-electron chi connectivity index (χ1n) is 7.74. The van der Waals surface area contributed by atoms with Crippen molar-refractivity contribution in [3.05, 3.63) is 33.9 Å². The van der Waals surface area contributed by atoms with Crippen LogP contribution in [0.15, 0.2) is 23.1 Å². The van der Waals surface area contributed by atoms with Gasteiger partial charge in [-0.2, -0.15) is 0 Å². The fraction of sp³-hybridized carbons (Fsp3) is 0.500. The largest absolute Gasteiger partial charge is 0.452 e. The minimum absolute atomic E-state index is 0.0426. The fourth-order valence-corrected chi connectivity index (χ4v) is 3.19. The van der Waals surface area contributed by atoms with Crippen molar-refractivity contribution in [1.29, 1.82) is 0 Å². The van der Waals surface area contributed by atoms with Crippen LogP contribution in [0, 0.1) is 10.1 Å². The Morgan fingerprint density at radius 2 is 2.00 bits per heavy atom. The van der Waals surface area contributed by atoms with Gasteiger partial charge in [-0.25, -0.2) is 4.79 Å². The maximum Gasteiger partial charge on any atom is 0.338 e. The van der Waals surface area contributed by atoms with E-state index in [1.54, 1.807) is 11.2 Å². The van der Waals surface area contributed by atoms with E-state index >= 15 is 0 Å². The first kappa shape index (κ1) is 19.2. The zero-order chi connectivity index (χ0) is 18.6. The summed E-state index contributed by atoms with van der Waals surface area (Å²) in [7, 11) is 0. The third-order valence-electron chi connectivity index (χ3n) is 3.71. The Kier molecular flexibility index (Phi) is 6.38. The maximum atomic E-state index is 12.2. The lowest BCUT2D eigenvalue weighted by Crippen LogP contribution is -2.49. The van der Waals surface area contributed by atoms with Crippen LogP contribution in [0.2, 0.25) is 0 Å². The van der Waals surface area contributed by atoms with Gasteiger partial charge in [0.1, 0.15) is 0 Å². The third kappa shape index (κ3) is 4.93. The number of carbonyl (C=O) groups is 2. The predicted molar refractivity (Wildman–Crippen MR) is 91.7 cm³/mol. The van der Waals surface area contributed by atoms with Gasteiger partial charge in [-0.3, -0.25) is 14.9 Å². The van der Waals surface area contributed by atoms with Crippen molar-refractivity contribution in [1.82, 2.24) is 4.90 Å². The van der Waals surface area contributed by atoms with Gasteiger partial charge in [0, 0.05) is 19.2 Å². The van der Waals surface area contributed by atoms with Crippen molar-refractivity contribution in [2.24, 2.45) is 0 Å². The lowest BCUT2D eigenvalue weighted by atomic mass is 10.2. The molecule has 0 radical (unpaired) electrons. The molecular formula is C16H20N2O6S. The number of carbonyl (C=O) groups excluding carboxylic acids is 2. The Morgan fingerprint density at radius 3 is 2.56 bits per heavy atom. The average Bonchev–Trinajstić information content (AvgIpc) is 2.57. The number of nitrogens with zero attached hydrogens (tertiary/aromatic N) is 2. The number of ether oxygens (including phenoxy) is 2. The van der Waals surface area contributed by atoms with Crippen LogP contribution in [-0.2, 0) is 14.3 Å². The molecule has 1 aromatic rings. The number of hydrogen-bond acceptors (Lipinski definition) is 7. The summed E-state index contributed by atoms with van der Waals surface area (Å²) in [5.41, 5.74) is -0.120. The first-order chi connectivity index (χ1) is 11.8. The lowest BCUT2D eigenvalue weighted by molar-refractivity contribution is -0.387. The molecule has 25 heavy (non-hydrogen) atoms. The van der Waals surface area contributed by atoms with Crippen molar-refractivity contribution >= 4 is 29.3 Å². The lowest BCUT2D eigenvalue weighted by Gasteiger charge is -2.35. The fourth-order valence-electron chi connectivity index (χ4n) is 2.64. The standard InChI is InChI=1S/C16H20N2O6S/c1-10-7-17(8-11(2)24-10)15(19)9-23-16(20)12-4-5-14(25-3)13(6-12)18(21)22/h4-6,10-11H,7-9H2,1-3H3/t10-,11-/m0/s1. The number of thioether (sulfide) groups is 1. The number of rotatable bonds is 5. The number of morpholine rings is 1. The van der Waals surface area contributed by atoms with Crippen LogP contribution in [0.5, 0.6) is 0 Å². The van der Waals surface area contributed by atoms with E-state index in [9.17, 15) is 19.7 Å². The summed E-state index contributed by atoms with van der Waals surface area (Å²) in [6.07, 6.45) is 1.55. The van der Waals surface area contributed by atoms with E-state index in [-0.39, 0.29) is 29.4 Å². The highest BCUT2D eigenvalue weighted by Gasteiger charge is 2.26. The maximum absolute atomic E-state index is 12.2. The SMILES string of the molecule is CSc1ccc(C(=O)OCC(=O)N2C[C@H](C)O[C@@H](C)C2)cc1[N+](=O)[O-]. The predicted octanol–water partition coefficient (Wildman–Crippen LogP) is 2.11. The third-order valence-corrected chi connectivity index (χ3v) is 4.50. The quantitative estimate of drug-likeness (QED) is 0.340. The summed E-state index contributed by atoms with van der Waals surface area (Å²) in [5.74, 6) is -1.08. The van der Waals surface area contributed by atoms with Crippen LogP contribution in [-0.4, -0.2) is 59.9 Å². The molecule has 1 aliphatic heterocycles. The molecule has 0 unspecified atom stereocenters. The molecule has 9 heteroatoms. The summed E-state index contributed by atoms with van der Waals surface area (Å²) >= 11 is 1.22. The molecule has 2 rings (SSSR count). The summed E-state index contributed by atoms with van der Waals surface area (Å²) in [4.78, 5) is 36.8. The van der Waals surface area contributed by atoms with E-state index in [4.69, 9.17) is 9.47 Å². The second kappa shape index (κ2) is 8.30. The first-order valence-corrected chi connectivity index (χ1v) is 8.97. The van der Waals surface area contributed by atoms with Gasteiger partial charge in [-0.1, -0.05) is 0 Å². The number of nitro groups is 1. The normalized spacial score (nSPS) is 20.2. The molecule has 1 saturated heterocycles. The van der Waals surface area contributed by atoms with Gasteiger partial charge in [-0.15, -0.1) is 11.8 Å². The molecule has 1 aromatic carbocycles. The van der Waals surface area contributed by atoms with Gasteiger partial charge < -0.3 is 14.4 Å². The molecule has 8 nitrogen and oxygen atoms in total. The summed E-state index contributed by atoms with van der Waals surface area (Å²) in [5, 5.41) is 11.1. The van der Waals surface area contributed by atoms with Gasteiger partial charge in [0.25, 0.3) is 11.6 Å². The zero-order valence-corrected chi connectivity index (χ0v) is 15.1. The van der Waals surface area contributed by atoms with Gasteiger partial charge in [0.2, 0.25) is 0 Å². The zero-order valence-electron chi connectivity index (χ0n) is 14.3. The number of esters is 1. The molecule has 0 aromatic heterocycles. The smallest absolute Gasteiger partial charge is 0.338 e. The summed E-state index contributed by atoms with van der Waals surface area (Å²) < 4.78 is 10.6. The molecule has 1 aliphatic rings. The minimum atomic E-state index is -0.765. The molecule has 1 fully saturated rings. The molecule has 136 valence electrons. The van der Waals surface area contributed by atoms with E-state index < -0.39 is 17.5 Å². The highest BCUT2D eigenvalue weighted by atomic mass is 32.2. The number of benzene rings is 1. The van der Waals surface area contributed by atoms with Gasteiger partial charge in [0.05, 0.1) is 27.6 Å². The van der Waals surface area contributed by atoms with E-state index in [0.29, 0.717) is 18.0 Å². The summed E-state index contributed by atoms with van der Waals surface area (Å²) in [6, 6.07) is 4.11. The monoisotopic (exact) mass is 368 g/mol. The van der Waals surface area contributed by atoms with E-state index in [1.807, 2.05) is 13.8 Å². The number of nitro benzene ring substituents is 1. The average molecular weight is 368 g/mol. The van der Waals surface area contributed by atoms with Gasteiger partial charge in [0.15, 0.2) is 6.61 Å². The highest BCUT2D eigenvalue weighted by molar-refractivity contribution is 7.98. The van der Waals surface area contributed by atoms with Gasteiger partial charge in [-0.05, 0) is 32.2 Å². The Morgan fingerprint density at radius 1 is 1.36 bits per heavy atom. The number of hydrogen-bond donors (Lipinski definition) is 0. The minimum Gasteiger partial charge on any atom is -0.452 e. The van der Waals surface area contributed by atoms with Crippen LogP contribution in [0.3, 0.4) is 0 Å². The Balaban J connectivity index is 1.99. The topological polar surface area (TPSA) is 99.0 Å². The second-order valence-corrected chi connectivity index (χ2v) is 6.62. The van der Waals surface area contributed by atoms with Crippen LogP contribution in [0.1, 0.15) is 24.2 Å². The van der Waals surface area contributed by atoms with Crippen molar-refractivity contribution in [3.63, 3.8) is 0 Å². The van der Waals surface area contributed by atoms with Gasteiger partial charge >= 0.3 is 5.97 Å². The molecule has 0 N–H and O–H groups in total. The van der Waals surface area contributed by atoms with E-state index in [2.05, 4.69) is 0 Å². The Hall–Kier alpha value is -2.13.